The lowest BCUT2D eigenvalue weighted by atomic mass is 9.95. The highest BCUT2D eigenvalue weighted by atomic mass is 32.1. The molecule has 2 heterocycles. The van der Waals surface area contributed by atoms with Crippen LogP contribution in [0.1, 0.15) is 24.1 Å². The second-order valence-electron chi connectivity index (χ2n) is 5.03. The third kappa shape index (κ3) is 1.52. The van der Waals surface area contributed by atoms with Crippen molar-refractivity contribution in [1.29, 1.82) is 0 Å². The molecule has 3 aromatic rings. The number of hydrogen-bond acceptors (Lipinski definition) is 1. The lowest BCUT2D eigenvalue weighted by Crippen LogP contribution is -1.99. The molecule has 1 N–H and O–H groups in total. The van der Waals surface area contributed by atoms with E-state index in [1.807, 2.05) is 11.3 Å². The fraction of sp³-hybridized carbons (Fsp3) is 0.250. The van der Waals surface area contributed by atoms with Gasteiger partial charge in [-0.05, 0) is 60.4 Å². The van der Waals surface area contributed by atoms with E-state index in [0.29, 0.717) is 0 Å². The van der Waals surface area contributed by atoms with Crippen molar-refractivity contribution < 1.29 is 0 Å². The molecule has 2 aromatic heterocycles. The summed E-state index contributed by atoms with van der Waals surface area (Å²) in [7, 11) is 0. The molecule has 0 amide bonds. The van der Waals surface area contributed by atoms with Crippen LogP contribution in [0, 0.1) is 0 Å². The predicted octanol–water partition coefficient (Wildman–Crippen LogP) is 4.78. The largest absolute Gasteiger partial charge is 0.358 e. The maximum Gasteiger partial charge on any atom is 0.0459 e. The van der Waals surface area contributed by atoms with Crippen LogP contribution in [-0.2, 0) is 12.8 Å². The van der Waals surface area contributed by atoms with Gasteiger partial charge in [0.05, 0.1) is 0 Å². The zero-order valence-corrected chi connectivity index (χ0v) is 11.0. The quantitative estimate of drug-likeness (QED) is 0.642. The van der Waals surface area contributed by atoms with Crippen molar-refractivity contribution >= 4 is 22.2 Å². The first-order valence-corrected chi connectivity index (χ1v) is 7.47. The maximum absolute atomic E-state index is 3.59. The first kappa shape index (κ1) is 10.4. The van der Waals surface area contributed by atoms with Crippen molar-refractivity contribution in [2.75, 3.05) is 0 Å². The molecule has 0 fully saturated rings. The summed E-state index contributed by atoms with van der Waals surface area (Å²) >= 11 is 1.81. The zero-order valence-electron chi connectivity index (χ0n) is 10.2. The van der Waals surface area contributed by atoms with E-state index in [1.165, 1.54) is 52.7 Å². The summed E-state index contributed by atoms with van der Waals surface area (Å²) in [6.45, 7) is 0. The topological polar surface area (TPSA) is 15.8 Å². The molecule has 0 spiro atoms. The Kier molecular flexibility index (Phi) is 2.30. The molecule has 0 aliphatic heterocycles. The first-order valence-electron chi connectivity index (χ1n) is 6.59. The average molecular weight is 253 g/mol. The molecule has 90 valence electrons. The van der Waals surface area contributed by atoms with E-state index in [1.54, 1.807) is 5.56 Å². The second kappa shape index (κ2) is 3.99. The van der Waals surface area contributed by atoms with Gasteiger partial charge in [0.25, 0.3) is 0 Å². The third-order valence-corrected chi connectivity index (χ3v) is 4.82. The Balaban J connectivity index is 1.94. The van der Waals surface area contributed by atoms with Gasteiger partial charge in [-0.2, -0.15) is 0 Å². The number of rotatable bonds is 1. The fourth-order valence-electron chi connectivity index (χ4n) is 3.00. The van der Waals surface area contributed by atoms with Gasteiger partial charge in [0.15, 0.2) is 0 Å². The van der Waals surface area contributed by atoms with Crippen LogP contribution in [-0.4, -0.2) is 4.98 Å². The minimum absolute atomic E-state index is 1.22. The fourth-order valence-corrected chi connectivity index (χ4v) is 3.73. The van der Waals surface area contributed by atoms with E-state index < -0.39 is 0 Å². The Labute approximate surface area is 110 Å². The van der Waals surface area contributed by atoms with Gasteiger partial charge in [0.1, 0.15) is 0 Å². The van der Waals surface area contributed by atoms with Crippen molar-refractivity contribution in [2.45, 2.75) is 25.7 Å². The predicted molar refractivity (Wildman–Crippen MR) is 78.3 cm³/mol. The molecular formula is C16H15NS. The number of benzene rings is 1. The van der Waals surface area contributed by atoms with Gasteiger partial charge in [-0.1, -0.05) is 12.1 Å². The second-order valence-corrected chi connectivity index (χ2v) is 5.97. The normalized spacial score (nSPS) is 14.9. The molecule has 1 aliphatic carbocycles. The lowest BCUT2D eigenvalue weighted by molar-refractivity contribution is 0.680. The minimum Gasteiger partial charge on any atom is -0.358 e. The number of thiophene rings is 1. The monoisotopic (exact) mass is 253 g/mol. The van der Waals surface area contributed by atoms with E-state index in [0.717, 1.165) is 0 Å². The van der Waals surface area contributed by atoms with Crippen molar-refractivity contribution in [1.82, 2.24) is 4.98 Å². The molecule has 0 saturated heterocycles. The maximum atomic E-state index is 3.59. The van der Waals surface area contributed by atoms with Crippen molar-refractivity contribution in [3.63, 3.8) is 0 Å². The Morgan fingerprint density at radius 1 is 1.06 bits per heavy atom. The van der Waals surface area contributed by atoms with E-state index in [-0.39, 0.29) is 0 Å². The zero-order chi connectivity index (χ0) is 11.9. The van der Waals surface area contributed by atoms with Crippen molar-refractivity contribution in [3.05, 3.63) is 47.0 Å². The third-order valence-electron chi connectivity index (χ3n) is 3.90. The number of aromatic nitrogens is 1. The number of hydrogen-bond donors (Lipinski definition) is 1. The van der Waals surface area contributed by atoms with Crippen LogP contribution in [0.15, 0.2) is 35.7 Å². The Morgan fingerprint density at radius 3 is 2.89 bits per heavy atom. The van der Waals surface area contributed by atoms with Gasteiger partial charge in [-0.15, -0.1) is 11.3 Å². The number of H-pyrrole nitrogens is 1. The first-order chi connectivity index (χ1) is 8.92. The highest BCUT2D eigenvalue weighted by molar-refractivity contribution is 7.13. The lowest BCUT2D eigenvalue weighted by Gasteiger charge is -2.10. The molecule has 0 unspecified atom stereocenters. The molecule has 0 bridgehead atoms. The van der Waals surface area contributed by atoms with Crippen LogP contribution in [0.2, 0.25) is 0 Å². The SMILES string of the molecule is c1csc(-c2ccc3[nH]c4c(c3c2)CCCC4)c1. The number of nitrogens with one attached hydrogen (secondary N) is 1. The molecular weight excluding hydrogens is 238 g/mol. The summed E-state index contributed by atoms with van der Waals surface area (Å²) in [5.74, 6) is 0. The van der Waals surface area contributed by atoms with E-state index >= 15 is 0 Å². The summed E-state index contributed by atoms with van der Waals surface area (Å²) in [4.78, 5) is 4.96. The summed E-state index contributed by atoms with van der Waals surface area (Å²) in [5.41, 5.74) is 5.70. The summed E-state index contributed by atoms with van der Waals surface area (Å²) < 4.78 is 0. The summed E-state index contributed by atoms with van der Waals surface area (Å²) in [6.07, 6.45) is 5.13. The molecule has 1 aliphatic rings. The Morgan fingerprint density at radius 2 is 2.00 bits per heavy atom. The van der Waals surface area contributed by atoms with E-state index in [9.17, 15) is 0 Å². The molecule has 18 heavy (non-hydrogen) atoms. The van der Waals surface area contributed by atoms with Crippen molar-refractivity contribution in [3.8, 4) is 10.4 Å². The van der Waals surface area contributed by atoms with E-state index in [4.69, 9.17) is 0 Å². The molecule has 1 nitrogen and oxygen atoms in total. The molecule has 0 saturated carbocycles. The summed E-state index contributed by atoms with van der Waals surface area (Å²) in [6, 6.07) is 11.2. The molecule has 2 heteroatoms. The van der Waals surface area contributed by atoms with E-state index in [2.05, 4.69) is 40.7 Å². The smallest absolute Gasteiger partial charge is 0.0459 e. The van der Waals surface area contributed by atoms with Gasteiger partial charge in [-0.3, -0.25) is 0 Å². The van der Waals surface area contributed by atoms with Gasteiger partial charge in [-0.25, -0.2) is 0 Å². The van der Waals surface area contributed by atoms with Gasteiger partial charge in [0, 0.05) is 21.5 Å². The number of aromatic amines is 1. The van der Waals surface area contributed by atoms with Gasteiger partial charge >= 0.3 is 0 Å². The summed E-state index contributed by atoms with van der Waals surface area (Å²) in [5, 5.41) is 3.59. The van der Waals surface area contributed by atoms with Crippen LogP contribution < -0.4 is 0 Å². The van der Waals surface area contributed by atoms with Gasteiger partial charge < -0.3 is 4.98 Å². The Bertz CT molecular complexity index is 691. The number of fused-ring (bicyclic) bond motifs is 3. The van der Waals surface area contributed by atoms with Crippen LogP contribution in [0.25, 0.3) is 21.3 Å². The molecule has 4 rings (SSSR count). The number of aryl methyl sites for hydroxylation is 2. The molecule has 0 atom stereocenters. The van der Waals surface area contributed by atoms with Crippen molar-refractivity contribution in [2.24, 2.45) is 0 Å². The van der Waals surface area contributed by atoms with Crippen LogP contribution in [0.5, 0.6) is 0 Å². The highest BCUT2D eigenvalue weighted by Crippen LogP contribution is 2.33. The molecule has 1 aromatic carbocycles. The van der Waals surface area contributed by atoms with Gasteiger partial charge in [0.2, 0.25) is 0 Å². The highest BCUT2D eigenvalue weighted by Gasteiger charge is 2.15. The average Bonchev–Trinajstić information content (AvgIpc) is 3.05. The molecule has 0 radical (unpaired) electrons. The minimum atomic E-state index is 1.22. The van der Waals surface area contributed by atoms with Crippen LogP contribution >= 0.6 is 11.3 Å². The van der Waals surface area contributed by atoms with Crippen LogP contribution in [0.3, 0.4) is 0 Å². The Hall–Kier alpha value is -1.54. The standard InChI is InChI=1S/C16H15NS/c1-2-5-14-12(4-1)13-10-11(7-8-15(13)17-14)16-6-3-9-18-16/h3,6-10,17H,1-2,4-5H2. The van der Waals surface area contributed by atoms with Crippen LogP contribution in [0.4, 0.5) is 0 Å².